The van der Waals surface area contributed by atoms with E-state index in [1.54, 1.807) is 0 Å². The number of hydrogen-bond donors (Lipinski definition) is 0. The van der Waals surface area contributed by atoms with Gasteiger partial charge in [0.25, 0.3) is 0 Å². The van der Waals surface area contributed by atoms with Crippen LogP contribution in [0.4, 0.5) is 0 Å². The first-order valence-electron chi connectivity index (χ1n) is 19.0. The minimum Gasteiger partial charge on any atom is -0.273 e. The van der Waals surface area contributed by atoms with E-state index in [2.05, 4.69) is 174 Å². The van der Waals surface area contributed by atoms with Crippen LogP contribution >= 0.6 is 11.6 Å². The van der Waals surface area contributed by atoms with E-state index in [0.29, 0.717) is 0 Å². The third-order valence-electron chi connectivity index (χ3n) is 10.0. The van der Waals surface area contributed by atoms with Crippen LogP contribution in [0.5, 0.6) is 0 Å². The molecule has 0 aromatic heterocycles. The van der Waals surface area contributed by atoms with Crippen LogP contribution in [0, 0.1) is 12.1 Å². The van der Waals surface area contributed by atoms with Crippen molar-refractivity contribution in [3.63, 3.8) is 0 Å². The van der Waals surface area contributed by atoms with Gasteiger partial charge in [-0.15, -0.1) is 23.1 Å². The summed E-state index contributed by atoms with van der Waals surface area (Å²) >= 11 is 7.37. The van der Waals surface area contributed by atoms with E-state index in [0.717, 1.165) is 17.9 Å². The summed E-state index contributed by atoms with van der Waals surface area (Å²) < 4.78 is 1.36. The van der Waals surface area contributed by atoms with E-state index < -0.39 is 0 Å². The summed E-state index contributed by atoms with van der Waals surface area (Å²) in [5.41, 5.74) is 14.5. The summed E-state index contributed by atoms with van der Waals surface area (Å²) in [5, 5.41) is 3.38. The fourth-order valence-corrected chi connectivity index (χ4v) is 8.25. The Morgan fingerprint density at radius 3 is 1.77 bits per heavy atom. The number of rotatable bonds is 2. The minimum atomic E-state index is 0.0968. The molecule has 0 aliphatic heterocycles. The predicted octanol–water partition coefficient (Wildman–Crippen LogP) is 14.2. The Morgan fingerprint density at radius 1 is 0.642 bits per heavy atom. The molecule has 0 fully saturated rings. The van der Waals surface area contributed by atoms with Crippen molar-refractivity contribution in [2.24, 2.45) is 0 Å². The normalized spacial score (nSPS) is 13.6. The Labute approximate surface area is 341 Å². The quantitative estimate of drug-likeness (QED) is 0.153. The van der Waals surface area contributed by atoms with Gasteiger partial charge in [0.05, 0.1) is 0 Å². The summed E-state index contributed by atoms with van der Waals surface area (Å²) in [6.45, 7) is 28.0. The molecule has 5 aromatic carbocycles. The molecule has 0 bridgehead atoms. The van der Waals surface area contributed by atoms with Crippen molar-refractivity contribution in [1.82, 2.24) is 0 Å². The van der Waals surface area contributed by atoms with Gasteiger partial charge in [-0.25, -0.2) is 12.2 Å². The maximum atomic E-state index is 5.96. The smallest absolute Gasteiger partial charge is 0.109 e. The Balaban J connectivity index is 0.000000191. The molecule has 0 N–H and O–H groups in total. The maximum absolute atomic E-state index is 5.96. The molecule has 0 saturated heterocycles. The fourth-order valence-electron chi connectivity index (χ4n) is 7.18. The van der Waals surface area contributed by atoms with Gasteiger partial charge in [-0.3, -0.25) is 6.08 Å². The minimum absolute atomic E-state index is 0.0968. The molecule has 53 heavy (non-hydrogen) atoms. The van der Waals surface area contributed by atoms with E-state index in [-0.39, 0.29) is 21.7 Å². The summed E-state index contributed by atoms with van der Waals surface area (Å²) in [7, 11) is 0. The Bertz CT molecular complexity index is 2070. The number of hydrogen-bond acceptors (Lipinski definition) is 0. The zero-order valence-corrected chi connectivity index (χ0v) is 37.3. The molecule has 2 aliphatic rings. The van der Waals surface area contributed by atoms with Crippen LogP contribution < -0.4 is 0 Å². The molecule has 0 heterocycles. The molecule has 0 unspecified atom stereocenters. The van der Waals surface area contributed by atoms with Crippen LogP contribution in [0.15, 0.2) is 103 Å². The Morgan fingerprint density at radius 2 is 1.23 bits per heavy atom. The molecular formula is C51H57ClZr. The van der Waals surface area contributed by atoms with Gasteiger partial charge in [-0.2, -0.15) is 23.8 Å². The van der Waals surface area contributed by atoms with Gasteiger partial charge in [0.2, 0.25) is 0 Å². The van der Waals surface area contributed by atoms with Gasteiger partial charge in [0.15, 0.2) is 0 Å². The first kappa shape index (κ1) is 41.1. The molecule has 0 saturated carbocycles. The molecule has 2 heteroatoms. The second-order valence-corrected chi connectivity index (χ2v) is 20.3. The van der Waals surface area contributed by atoms with Crippen molar-refractivity contribution in [2.45, 2.75) is 118 Å². The van der Waals surface area contributed by atoms with E-state index in [4.69, 9.17) is 11.6 Å². The number of halogens is 1. The SMILES string of the molecule is CC(C)(C)c1[c-]c2c(cc1C(C)(C)C)-c1cc(C(C)(C)C)c(C(C)(C)C)cc1C2.Clc1ccc([C](=[Zr+2])c2cccc3ccccc23)cc1.[C-]1=CC=CC1. The van der Waals surface area contributed by atoms with Crippen molar-refractivity contribution >= 4 is 25.6 Å². The van der Waals surface area contributed by atoms with Crippen LogP contribution in [0.25, 0.3) is 21.9 Å². The van der Waals surface area contributed by atoms with E-state index in [1.807, 2.05) is 24.3 Å². The number of fused-ring (bicyclic) bond motifs is 4. The second kappa shape index (κ2) is 15.9. The van der Waals surface area contributed by atoms with E-state index in [9.17, 15) is 0 Å². The van der Waals surface area contributed by atoms with Gasteiger partial charge in [0.1, 0.15) is 0 Å². The average molecular weight is 797 g/mol. The van der Waals surface area contributed by atoms with Crippen LogP contribution in [0.3, 0.4) is 0 Å². The molecule has 0 amide bonds. The molecule has 0 atom stereocenters. The third-order valence-corrected chi connectivity index (χ3v) is 11.6. The molecule has 7 rings (SSSR count). The van der Waals surface area contributed by atoms with Crippen molar-refractivity contribution < 1.29 is 24.2 Å². The van der Waals surface area contributed by atoms with Crippen LogP contribution in [0.2, 0.25) is 5.02 Å². The molecule has 272 valence electrons. The van der Waals surface area contributed by atoms with E-state index >= 15 is 0 Å². The van der Waals surface area contributed by atoms with Crippen LogP contribution in [0.1, 0.15) is 134 Å². The summed E-state index contributed by atoms with van der Waals surface area (Å²) in [6, 6.07) is 34.5. The molecule has 2 aliphatic carbocycles. The van der Waals surface area contributed by atoms with Gasteiger partial charge < -0.3 is 0 Å². The van der Waals surface area contributed by atoms with Crippen LogP contribution in [-0.2, 0) is 52.3 Å². The largest absolute Gasteiger partial charge is 0.273 e. The topological polar surface area (TPSA) is 0 Å². The van der Waals surface area contributed by atoms with Gasteiger partial charge in [0, 0.05) is 0 Å². The second-order valence-electron chi connectivity index (χ2n) is 18.6. The molecule has 0 nitrogen and oxygen atoms in total. The summed E-state index contributed by atoms with van der Waals surface area (Å²) in [6.07, 6.45) is 11.0. The van der Waals surface area contributed by atoms with Gasteiger partial charge in [-0.05, 0) is 39.4 Å². The molecular weight excluding hydrogens is 739 g/mol. The first-order chi connectivity index (χ1) is 24.7. The monoisotopic (exact) mass is 794 g/mol. The van der Waals surface area contributed by atoms with Crippen molar-refractivity contribution in [3.8, 4) is 11.1 Å². The number of benzene rings is 5. The van der Waals surface area contributed by atoms with Gasteiger partial charge in [-0.1, -0.05) is 106 Å². The fraction of sp³-hybridized carbons (Fsp3) is 0.353. The zero-order valence-electron chi connectivity index (χ0n) is 34.1. The van der Waals surface area contributed by atoms with Gasteiger partial charge >= 0.3 is 133 Å². The Kier molecular flexibility index (Phi) is 12.3. The van der Waals surface area contributed by atoms with Crippen molar-refractivity contribution in [1.29, 1.82) is 0 Å². The Hall–Kier alpha value is -3.12. The third kappa shape index (κ3) is 9.77. The molecule has 5 aromatic rings. The van der Waals surface area contributed by atoms with E-state index in [1.165, 1.54) is 93.8 Å². The summed E-state index contributed by atoms with van der Waals surface area (Å²) in [5.74, 6) is 0. The van der Waals surface area contributed by atoms with Crippen molar-refractivity contribution in [2.75, 3.05) is 0 Å². The maximum Gasteiger partial charge on any atom is -0.109 e. The van der Waals surface area contributed by atoms with Crippen LogP contribution in [-0.4, -0.2) is 3.21 Å². The van der Waals surface area contributed by atoms with Crippen molar-refractivity contribution in [3.05, 3.63) is 165 Å². The standard InChI is InChI=1S/C29H41.C17H11Cl.C5H5.Zr/c1-26(2,3)22-14-18-13-19-15-23(27(4,5)6)25(29(10,11)12)17-21(19)20(18)16-24(22)28(7,8)9;18-16-10-8-13(9-11-16)12-15-6-3-5-14-4-1-2-7-17(14)15;1-2-4-5-3-1;/h14,16-17H,13H2,1-12H3;1-11H;1-3H,4H2;/q-1;;-1;+2. The predicted molar refractivity (Wildman–Crippen MR) is 229 cm³/mol. The zero-order chi connectivity index (χ0) is 38.9. The molecule has 0 spiro atoms. The molecule has 0 radical (unpaired) electrons. The first-order valence-corrected chi connectivity index (χ1v) is 20.6. The number of allylic oxidation sites excluding steroid dienone is 4. The average Bonchev–Trinajstić information content (AvgIpc) is 3.78. The summed E-state index contributed by atoms with van der Waals surface area (Å²) in [4.78, 5) is 0.